The molecule has 7 nitrogen and oxygen atoms in total. The third-order valence-electron chi connectivity index (χ3n) is 5.92. The van der Waals surface area contributed by atoms with Crippen molar-refractivity contribution in [3.63, 3.8) is 0 Å². The molecule has 1 amide bonds. The Hall–Kier alpha value is -3.19. The number of nitrogens with one attached hydrogen (secondary N) is 1. The number of amides is 1. The number of para-hydroxylation sites is 1. The minimum absolute atomic E-state index is 0.0602. The number of H-pyrrole nitrogens is 1. The molecular weight excluding hydrogens is 364 g/mol. The van der Waals surface area contributed by atoms with Crippen LogP contribution in [0.3, 0.4) is 0 Å². The molecule has 4 aromatic rings. The summed E-state index contributed by atoms with van der Waals surface area (Å²) in [4.78, 5) is 23.0. The Balaban J connectivity index is 1.43. The lowest BCUT2D eigenvalue weighted by atomic mass is 10.0. The average Bonchev–Trinajstić information content (AvgIpc) is 3.45. The van der Waals surface area contributed by atoms with Gasteiger partial charge in [0.1, 0.15) is 5.69 Å². The number of rotatable bonds is 4. The Morgan fingerprint density at radius 2 is 2.07 bits per heavy atom. The van der Waals surface area contributed by atoms with Gasteiger partial charge in [0.2, 0.25) is 0 Å². The lowest BCUT2D eigenvalue weighted by molar-refractivity contribution is 0.0785. The molecule has 0 saturated carbocycles. The van der Waals surface area contributed by atoms with Crippen molar-refractivity contribution in [3.05, 3.63) is 59.5 Å². The van der Waals surface area contributed by atoms with Crippen LogP contribution in [0.25, 0.3) is 21.9 Å². The molecule has 1 aliphatic heterocycles. The predicted octanol–water partition coefficient (Wildman–Crippen LogP) is 2.81. The van der Waals surface area contributed by atoms with Gasteiger partial charge in [-0.25, -0.2) is 9.67 Å². The van der Waals surface area contributed by atoms with Gasteiger partial charge in [0, 0.05) is 48.0 Å². The van der Waals surface area contributed by atoms with Gasteiger partial charge in [0.25, 0.3) is 5.91 Å². The fourth-order valence-corrected chi connectivity index (χ4v) is 4.44. The highest BCUT2D eigenvalue weighted by molar-refractivity contribution is 6.01. The molecular formula is C22H24N6O. The molecule has 5 rings (SSSR count). The van der Waals surface area contributed by atoms with E-state index in [2.05, 4.69) is 16.0 Å². The number of carbonyl (C=O) groups excluding carboxylic acids is 1. The Morgan fingerprint density at radius 3 is 2.90 bits per heavy atom. The number of nitrogens with two attached hydrogens (primary N) is 1. The van der Waals surface area contributed by atoms with Crippen molar-refractivity contribution in [2.75, 3.05) is 19.6 Å². The van der Waals surface area contributed by atoms with Gasteiger partial charge in [-0.1, -0.05) is 18.2 Å². The quantitative estimate of drug-likeness (QED) is 0.562. The van der Waals surface area contributed by atoms with E-state index >= 15 is 0 Å². The van der Waals surface area contributed by atoms with E-state index in [1.807, 2.05) is 46.8 Å². The number of hydrogen-bond acceptors (Lipinski definition) is 4. The maximum absolute atomic E-state index is 13.2. The number of aryl methyl sites for hydroxylation is 1. The normalized spacial score (nSPS) is 16.9. The van der Waals surface area contributed by atoms with Crippen LogP contribution >= 0.6 is 0 Å². The van der Waals surface area contributed by atoms with Crippen molar-refractivity contribution in [3.8, 4) is 0 Å². The number of carbonyl (C=O) groups is 1. The van der Waals surface area contributed by atoms with Crippen molar-refractivity contribution in [2.24, 2.45) is 5.73 Å². The van der Waals surface area contributed by atoms with E-state index in [1.54, 1.807) is 6.20 Å². The summed E-state index contributed by atoms with van der Waals surface area (Å²) in [5.41, 5.74) is 10.3. The molecule has 3 N–H and O–H groups in total. The van der Waals surface area contributed by atoms with Crippen molar-refractivity contribution in [1.82, 2.24) is 24.6 Å². The molecule has 0 spiro atoms. The maximum Gasteiger partial charge on any atom is 0.270 e. The second-order valence-electron chi connectivity index (χ2n) is 7.68. The average molecular weight is 388 g/mol. The number of hydrogen-bond donors (Lipinski definition) is 2. The summed E-state index contributed by atoms with van der Waals surface area (Å²) >= 11 is 0. The summed E-state index contributed by atoms with van der Waals surface area (Å²) in [6, 6.07) is 12.0. The molecule has 1 fully saturated rings. The SMILES string of the molecule is Cc1c(C(=O)N2CC[C@@H](c3nn(CCN)c4ncccc34)C2)[nH]c2ccccc12. The monoisotopic (exact) mass is 388 g/mol. The van der Waals surface area contributed by atoms with E-state index in [4.69, 9.17) is 10.8 Å². The van der Waals surface area contributed by atoms with Gasteiger partial charge in [-0.3, -0.25) is 4.79 Å². The van der Waals surface area contributed by atoms with Gasteiger partial charge in [-0.2, -0.15) is 5.10 Å². The molecule has 1 aromatic carbocycles. The zero-order chi connectivity index (χ0) is 20.0. The van der Waals surface area contributed by atoms with Gasteiger partial charge in [-0.05, 0) is 37.1 Å². The second kappa shape index (κ2) is 7.00. The summed E-state index contributed by atoms with van der Waals surface area (Å²) in [6.45, 7) is 4.55. The van der Waals surface area contributed by atoms with Gasteiger partial charge in [-0.15, -0.1) is 0 Å². The van der Waals surface area contributed by atoms with E-state index in [9.17, 15) is 4.79 Å². The lowest BCUT2D eigenvalue weighted by Gasteiger charge is -2.16. The zero-order valence-corrected chi connectivity index (χ0v) is 16.4. The number of likely N-dealkylation sites (tertiary alicyclic amines) is 1. The molecule has 29 heavy (non-hydrogen) atoms. The van der Waals surface area contributed by atoms with Crippen LogP contribution in [0.2, 0.25) is 0 Å². The molecule has 148 valence electrons. The highest BCUT2D eigenvalue weighted by atomic mass is 16.2. The van der Waals surface area contributed by atoms with Crippen LogP contribution in [0.15, 0.2) is 42.6 Å². The maximum atomic E-state index is 13.2. The minimum atomic E-state index is 0.0602. The smallest absolute Gasteiger partial charge is 0.270 e. The minimum Gasteiger partial charge on any atom is -0.350 e. The third kappa shape index (κ3) is 2.89. The van der Waals surface area contributed by atoms with Crippen LogP contribution in [0, 0.1) is 6.92 Å². The highest BCUT2D eigenvalue weighted by Gasteiger charge is 2.32. The number of nitrogens with zero attached hydrogens (tertiary/aromatic N) is 4. The van der Waals surface area contributed by atoms with Gasteiger partial charge >= 0.3 is 0 Å². The molecule has 0 radical (unpaired) electrons. The summed E-state index contributed by atoms with van der Waals surface area (Å²) in [7, 11) is 0. The van der Waals surface area contributed by atoms with Crippen molar-refractivity contribution in [2.45, 2.75) is 25.8 Å². The fraction of sp³-hybridized carbons (Fsp3) is 0.318. The Bertz CT molecular complexity index is 1210. The molecule has 1 aliphatic rings. The highest BCUT2D eigenvalue weighted by Crippen LogP contribution is 2.32. The van der Waals surface area contributed by atoms with Crippen molar-refractivity contribution >= 4 is 27.8 Å². The van der Waals surface area contributed by atoms with Gasteiger partial charge in [0.05, 0.1) is 12.2 Å². The number of fused-ring (bicyclic) bond motifs is 2. The van der Waals surface area contributed by atoms with Crippen molar-refractivity contribution < 1.29 is 4.79 Å². The fourth-order valence-electron chi connectivity index (χ4n) is 4.44. The molecule has 4 heterocycles. The molecule has 0 aliphatic carbocycles. The van der Waals surface area contributed by atoms with Crippen LogP contribution in [0.4, 0.5) is 0 Å². The first-order chi connectivity index (χ1) is 14.2. The topological polar surface area (TPSA) is 92.8 Å². The van der Waals surface area contributed by atoms with Crippen LogP contribution in [-0.2, 0) is 6.54 Å². The van der Waals surface area contributed by atoms with Crippen LogP contribution in [0.5, 0.6) is 0 Å². The Labute approximate surface area is 168 Å². The number of aromatic amines is 1. The van der Waals surface area contributed by atoms with Crippen LogP contribution in [-0.4, -0.2) is 50.2 Å². The molecule has 0 bridgehead atoms. The van der Waals surface area contributed by atoms with E-state index in [-0.39, 0.29) is 11.8 Å². The van der Waals surface area contributed by atoms with Crippen LogP contribution < -0.4 is 5.73 Å². The first kappa shape index (κ1) is 17.9. The Morgan fingerprint density at radius 1 is 1.24 bits per heavy atom. The summed E-state index contributed by atoms with van der Waals surface area (Å²) in [5.74, 6) is 0.263. The third-order valence-corrected chi connectivity index (χ3v) is 5.92. The molecule has 1 atom stereocenters. The number of aromatic nitrogens is 4. The molecule has 7 heteroatoms. The molecule has 0 unspecified atom stereocenters. The lowest BCUT2D eigenvalue weighted by Crippen LogP contribution is -2.29. The van der Waals surface area contributed by atoms with E-state index in [0.29, 0.717) is 25.3 Å². The van der Waals surface area contributed by atoms with E-state index < -0.39 is 0 Å². The zero-order valence-electron chi connectivity index (χ0n) is 16.4. The number of pyridine rings is 1. The van der Waals surface area contributed by atoms with Crippen molar-refractivity contribution in [1.29, 1.82) is 0 Å². The predicted molar refractivity (Wildman–Crippen MR) is 113 cm³/mol. The Kier molecular flexibility index (Phi) is 4.32. The molecule has 3 aromatic heterocycles. The first-order valence-electron chi connectivity index (χ1n) is 10.1. The van der Waals surface area contributed by atoms with E-state index in [0.717, 1.165) is 46.2 Å². The summed E-state index contributed by atoms with van der Waals surface area (Å²) in [6.07, 6.45) is 2.68. The number of benzene rings is 1. The van der Waals surface area contributed by atoms with Crippen LogP contribution in [0.1, 0.15) is 34.1 Å². The van der Waals surface area contributed by atoms with E-state index in [1.165, 1.54) is 0 Å². The van der Waals surface area contributed by atoms with Gasteiger partial charge < -0.3 is 15.6 Å². The largest absolute Gasteiger partial charge is 0.350 e. The standard InChI is InChI=1S/C22H24N6O/c1-14-16-5-2-3-7-18(16)25-19(14)22(29)27-11-8-15(13-27)20-17-6-4-10-24-21(17)28(26-20)12-9-23/h2-7,10,15,25H,8-9,11-13,23H2,1H3/t15-/m1/s1. The van der Waals surface area contributed by atoms with Gasteiger partial charge in [0.15, 0.2) is 5.65 Å². The summed E-state index contributed by atoms with van der Waals surface area (Å²) in [5, 5.41) is 6.97. The molecule has 1 saturated heterocycles. The second-order valence-corrected chi connectivity index (χ2v) is 7.68. The summed E-state index contributed by atoms with van der Waals surface area (Å²) < 4.78 is 1.89. The first-order valence-corrected chi connectivity index (χ1v) is 10.1.